The summed E-state index contributed by atoms with van der Waals surface area (Å²) < 4.78 is 13.0. The van der Waals surface area contributed by atoms with Crippen molar-refractivity contribution in [1.82, 2.24) is 9.78 Å². The Morgan fingerprint density at radius 1 is 1.67 bits per heavy atom. The highest BCUT2D eigenvalue weighted by atomic mass is 35.5. The Labute approximate surface area is 94.1 Å². The van der Waals surface area contributed by atoms with Crippen LogP contribution in [0.25, 0.3) is 0 Å². The molecule has 0 saturated carbocycles. The Balaban J connectivity index is 2.15. The van der Waals surface area contributed by atoms with Crippen LogP contribution in [0.1, 0.15) is 24.5 Å². The van der Waals surface area contributed by atoms with Gasteiger partial charge in [-0.25, -0.2) is 0 Å². The third-order valence-corrected chi connectivity index (χ3v) is 2.79. The van der Waals surface area contributed by atoms with Crippen LogP contribution in [0.5, 0.6) is 0 Å². The number of rotatable bonds is 3. The summed E-state index contributed by atoms with van der Waals surface area (Å²) in [5.74, 6) is 0.470. The number of alkyl halides is 1. The Hall–Kier alpha value is -0.580. The van der Waals surface area contributed by atoms with Crippen LogP contribution in [-0.4, -0.2) is 28.4 Å². The summed E-state index contributed by atoms with van der Waals surface area (Å²) in [5, 5.41) is 4.35. The average Bonchev–Trinajstić information content (AvgIpc) is 2.82. The van der Waals surface area contributed by atoms with Crippen molar-refractivity contribution < 1.29 is 9.47 Å². The monoisotopic (exact) mass is 230 g/mol. The van der Waals surface area contributed by atoms with Crippen molar-refractivity contribution in [2.75, 3.05) is 12.5 Å². The Bertz CT molecular complexity index is 340. The summed E-state index contributed by atoms with van der Waals surface area (Å²) in [7, 11) is 1.90. The van der Waals surface area contributed by atoms with E-state index >= 15 is 0 Å². The Kier molecular flexibility index (Phi) is 3.29. The van der Waals surface area contributed by atoms with Crippen LogP contribution < -0.4 is 0 Å². The van der Waals surface area contributed by atoms with Gasteiger partial charge in [0.2, 0.25) is 0 Å². The first-order valence-corrected chi connectivity index (χ1v) is 5.63. The summed E-state index contributed by atoms with van der Waals surface area (Å²) in [5.41, 5.74) is 2.05. The van der Waals surface area contributed by atoms with E-state index in [0.29, 0.717) is 12.5 Å². The highest BCUT2D eigenvalue weighted by Crippen LogP contribution is 2.29. The molecule has 0 amide bonds. The highest BCUT2D eigenvalue weighted by molar-refractivity contribution is 6.18. The van der Waals surface area contributed by atoms with Crippen LogP contribution in [-0.2, 0) is 22.9 Å². The van der Waals surface area contributed by atoms with Gasteiger partial charge in [-0.05, 0) is 6.42 Å². The van der Waals surface area contributed by atoms with E-state index in [1.807, 2.05) is 13.2 Å². The van der Waals surface area contributed by atoms with Crippen molar-refractivity contribution in [2.24, 2.45) is 7.05 Å². The minimum Gasteiger partial charge on any atom is -0.346 e. The second-order valence-electron chi connectivity index (χ2n) is 3.64. The molecule has 84 valence electrons. The van der Waals surface area contributed by atoms with E-state index in [0.717, 1.165) is 17.7 Å². The number of hydrogen-bond acceptors (Lipinski definition) is 3. The quantitative estimate of drug-likeness (QED) is 0.741. The molecule has 15 heavy (non-hydrogen) atoms. The predicted octanol–water partition coefficient (Wildman–Crippen LogP) is 1.64. The first-order chi connectivity index (χ1) is 7.24. The summed E-state index contributed by atoms with van der Waals surface area (Å²) in [6.45, 7) is 2.63. The van der Waals surface area contributed by atoms with E-state index in [1.54, 1.807) is 4.68 Å². The van der Waals surface area contributed by atoms with Crippen molar-refractivity contribution in [3.05, 3.63) is 17.5 Å². The zero-order valence-electron chi connectivity index (χ0n) is 8.94. The van der Waals surface area contributed by atoms with Crippen molar-refractivity contribution in [3.63, 3.8) is 0 Å². The van der Waals surface area contributed by atoms with Gasteiger partial charge in [0.15, 0.2) is 6.29 Å². The van der Waals surface area contributed by atoms with Gasteiger partial charge in [-0.2, -0.15) is 5.10 Å². The van der Waals surface area contributed by atoms with E-state index in [4.69, 9.17) is 21.1 Å². The Morgan fingerprint density at radius 2 is 2.47 bits per heavy atom. The molecule has 2 unspecified atom stereocenters. The second kappa shape index (κ2) is 4.51. The first-order valence-electron chi connectivity index (χ1n) is 5.10. The molecule has 2 atom stereocenters. The number of halogens is 1. The van der Waals surface area contributed by atoms with Gasteiger partial charge >= 0.3 is 0 Å². The summed E-state index contributed by atoms with van der Waals surface area (Å²) >= 11 is 5.71. The fourth-order valence-corrected chi connectivity index (χ4v) is 1.88. The van der Waals surface area contributed by atoms with Gasteiger partial charge in [0.05, 0.1) is 24.3 Å². The van der Waals surface area contributed by atoms with Gasteiger partial charge in [-0.3, -0.25) is 4.68 Å². The number of hydrogen-bond donors (Lipinski definition) is 0. The van der Waals surface area contributed by atoms with Gasteiger partial charge in [0.25, 0.3) is 0 Å². The smallest absolute Gasteiger partial charge is 0.187 e. The zero-order valence-corrected chi connectivity index (χ0v) is 9.70. The Morgan fingerprint density at radius 3 is 3.07 bits per heavy atom. The lowest BCUT2D eigenvalue weighted by Crippen LogP contribution is -2.11. The maximum absolute atomic E-state index is 5.71. The zero-order chi connectivity index (χ0) is 10.8. The van der Waals surface area contributed by atoms with Gasteiger partial charge < -0.3 is 9.47 Å². The summed E-state index contributed by atoms with van der Waals surface area (Å²) in [6, 6.07) is 0. The van der Waals surface area contributed by atoms with Crippen molar-refractivity contribution in [2.45, 2.75) is 25.7 Å². The molecule has 0 radical (unpaired) electrons. The maximum Gasteiger partial charge on any atom is 0.187 e. The fourth-order valence-electron chi connectivity index (χ4n) is 1.72. The van der Waals surface area contributed by atoms with E-state index in [-0.39, 0.29) is 12.4 Å². The normalized spacial score (nSPS) is 26.1. The summed E-state index contributed by atoms with van der Waals surface area (Å²) in [6.07, 6.45) is 2.53. The standard InChI is InChI=1S/C10H15ClN2O2/c1-3-9-8(5-13(2)12-9)10-14-6-7(4-11)15-10/h5,7,10H,3-4,6H2,1-2H3. The predicted molar refractivity (Wildman–Crippen MR) is 56.9 cm³/mol. The minimum absolute atomic E-state index is 0.00146. The van der Waals surface area contributed by atoms with E-state index in [9.17, 15) is 0 Å². The number of ether oxygens (including phenoxy) is 2. The second-order valence-corrected chi connectivity index (χ2v) is 3.94. The summed E-state index contributed by atoms with van der Waals surface area (Å²) in [4.78, 5) is 0. The molecule has 0 aromatic carbocycles. The van der Waals surface area contributed by atoms with Crippen molar-refractivity contribution in [3.8, 4) is 0 Å². The molecule has 1 aliphatic rings. The van der Waals surface area contributed by atoms with E-state index in [1.165, 1.54) is 0 Å². The van der Waals surface area contributed by atoms with Crippen molar-refractivity contribution in [1.29, 1.82) is 0 Å². The number of aromatic nitrogens is 2. The van der Waals surface area contributed by atoms with E-state index in [2.05, 4.69) is 12.0 Å². The van der Waals surface area contributed by atoms with Crippen LogP contribution in [0.4, 0.5) is 0 Å². The molecule has 1 fully saturated rings. The third-order valence-electron chi connectivity index (χ3n) is 2.45. The maximum atomic E-state index is 5.71. The van der Waals surface area contributed by atoms with Gasteiger partial charge in [0.1, 0.15) is 0 Å². The van der Waals surface area contributed by atoms with Crippen LogP contribution in [0.2, 0.25) is 0 Å². The van der Waals surface area contributed by atoms with E-state index < -0.39 is 0 Å². The number of nitrogens with zero attached hydrogens (tertiary/aromatic N) is 2. The van der Waals surface area contributed by atoms with Gasteiger partial charge in [-0.15, -0.1) is 11.6 Å². The first kappa shape index (κ1) is 10.9. The molecule has 1 aliphatic heterocycles. The molecule has 0 spiro atoms. The lowest BCUT2D eigenvalue weighted by atomic mass is 10.2. The lowest BCUT2D eigenvalue weighted by molar-refractivity contribution is -0.0572. The molecule has 1 aromatic rings. The molecule has 1 aromatic heterocycles. The molecule has 2 rings (SSSR count). The van der Waals surface area contributed by atoms with Crippen molar-refractivity contribution >= 4 is 11.6 Å². The third kappa shape index (κ3) is 2.17. The highest BCUT2D eigenvalue weighted by Gasteiger charge is 2.29. The molecular weight excluding hydrogens is 216 g/mol. The molecular formula is C10H15ClN2O2. The van der Waals surface area contributed by atoms with Crippen LogP contribution >= 0.6 is 11.6 Å². The largest absolute Gasteiger partial charge is 0.346 e. The van der Waals surface area contributed by atoms with Crippen LogP contribution in [0.3, 0.4) is 0 Å². The number of aryl methyl sites for hydroxylation is 2. The van der Waals surface area contributed by atoms with Crippen LogP contribution in [0, 0.1) is 0 Å². The molecule has 1 saturated heterocycles. The molecule has 0 aliphatic carbocycles. The minimum atomic E-state index is -0.294. The molecule has 4 nitrogen and oxygen atoms in total. The van der Waals surface area contributed by atoms with Crippen LogP contribution in [0.15, 0.2) is 6.20 Å². The lowest BCUT2D eigenvalue weighted by Gasteiger charge is -2.09. The van der Waals surface area contributed by atoms with Gasteiger partial charge in [-0.1, -0.05) is 6.92 Å². The SMILES string of the molecule is CCc1nn(C)cc1C1OCC(CCl)O1. The molecule has 0 N–H and O–H groups in total. The topological polar surface area (TPSA) is 36.3 Å². The average molecular weight is 231 g/mol. The van der Waals surface area contributed by atoms with Gasteiger partial charge in [0, 0.05) is 18.8 Å². The molecule has 2 heterocycles. The molecule has 0 bridgehead atoms. The molecule has 5 heteroatoms. The fraction of sp³-hybridized carbons (Fsp3) is 0.700.